The van der Waals surface area contributed by atoms with Crippen molar-refractivity contribution < 1.29 is 4.74 Å². The predicted octanol–water partition coefficient (Wildman–Crippen LogP) is 2.82. The van der Waals surface area contributed by atoms with Gasteiger partial charge in [0, 0.05) is 12.1 Å². The molecule has 0 saturated carbocycles. The van der Waals surface area contributed by atoms with Crippen LogP contribution in [0.15, 0.2) is 24.3 Å². The topological polar surface area (TPSA) is 38.5 Å². The molecule has 2 N–H and O–H groups in total. The molecule has 0 fully saturated rings. The van der Waals surface area contributed by atoms with Crippen LogP contribution in [0.1, 0.15) is 38.8 Å². The smallest absolute Gasteiger partial charge is 0.118 e. The highest BCUT2D eigenvalue weighted by Gasteiger charge is 2.23. The monoisotopic (exact) mass is 250 g/mol. The van der Waals surface area contributed by atoms with E-state index in [0.29, 0.717) is 0 Å². The van der Waals surface area contributed by atoms with E-state index in [9.17, 15) is 0 Å². The van der Waals surface area contributed by atoms with Crippen molar-refractivity contribution in [2.75, 3.05) is 20.2 Å². The van der Waals surface area contributed by atoms with E-state index in [2.05, 4.69) is 37.8 Å². The first-order valence-corrected chi connectivity index (χ1v) is 6.81. The zero-order valence-electron chi connectivity index (χ0n) is 12.0. The molecule has 0 radical (unpaired) electrons. The number of nitrogens with two attached hydrogens (primary N) is 1. The van der Waals surface area contributed by atoms with E-state index < -0.39 is 0 Å². The molecule has 2 unspecified atom stereocenters. The molecular weight excluding hydrogens is 224 g/mol. The highest BCUT2D eigenvalue weighted by Crippen LogP contribution is 2.26. The molecule has 3 heteroatoms. The van der Waals surface area contributed by atoms with Crippen molar-refractivity contribution in [3.63, 3.8) is 0 Å². The maximum absolute atomic E-state index is 6.30. The Morgan fingerprint density at radius 2 is 1.67 bits per heavy atom. The van der Waals surface area contributed by atoms with Crippen LogP contribution in [-0.2, 0) is 0 Å². The molecule has 0 saturated heterocycles. The van der Waals surface area contributed by atoms with Crippen molar-refractivity contribution in [1.29, 1.82) is 0 Å². The first kappa shape index (κ1) is 15.0. The van der Waals surface area contributed by atoms with E-state index in [1.54, 1.807) is 7.11 Å². The summed E-state index contributed by atoms with van der Waals surface area (Å²) in [5.74, 6) is 0.891. The quantitative estimate of drug-likeness (QED) is 0.808. The minimum absolute atomic E-state index is 0.165. The molecule has 3 nitrogen and oxygen atoms in total. The molecule has 1 rings (SSSR count). The molecule has 0 heterocycles. The van der Waals surface area contributed by atoms with Crippen LogP contribution >= 0.6 is 0 Å². The van der Waals surface area contributed by atoms with Gasteiger partial charge < -0.3 is 10.5 Å². The third-order valence-corrected chi connectivity index (χ3v) is 3.54. The summed E-state index contributed by atoms with van der Waals surface area (Å²) in [4.78, 5) is 2.41. The van der Waals surface area contributed by atoms with Gasteiger partial charge in [0.2, 0.25) is 0 Å². The van der Waals surface area contributed by atoms with Crippen molar-refractivity contribution in [2.45, 2.75) is 39.3 Å². The molecular formula is C15H26N2O. The van der Waals surface area contributed by atoms with Crippen LogP contribution in [0.25, 0.3) is 0 Å². The van der Waals surface area contributed by atoms with Crippen LogP contribution in [0.4, 0.5) is 0 Å². The minimum Gasteiger partial charge on any atom is -0.497 e. The summed E-state index contributed by atoms with van der Waals surface area (Å²) in [5, 5.41) is 0. The molecule has 0 aliphatic heterocycles. The van der Waals surface area contributed by atoms with Crippen LogP contribution in [0.3, 0.4) is 0 Å². The standard InChI is InChI=1S/C15H26N2O/c1-5-14(16)15(17(6-2)7-3)12-8-10-13(18-4)11-9-12/h8-11,14-15H,5-7,16H2,1-4H3. The molecule has 0 aliphatic carbocycles. The maximum Gasteiger partial charge on any atom is 0.118 e. The number of rotatable bonds is 7. The second kappa shape index (κ2) is 7.39. The summed E-state index contributed by atoms with van der Waals surface area (Å²) in [5.41, 5.74) is 7.57. The van der Waals surface area contributed by atoms with Crippen LogP contribution in [0.2, 0.25) is 0 Å². The number of likely N-dealkylation sites (N-methyl/N-ethyl adjacent to an activating group) is 1. The van der Waals surface area contributed by atoms with Gasteiger partial charge in [0.15, 0.2) is 0 Å². The lowest BCUT2D eigenvalue weighted by molar-refractivity contribution is 0.187. The van der Waals surface area contributed by atoms with Gasteiger partial charge in [0.1, 0.15) is 5.75 Å². The average Bonchev–Trinajstić information content (AvgIpc) is 2.44. The molecule has 1 aromatic carbocycles. The van der Waals surface area contributed by atoms with Gasteiger partial charge in [-0.2, -0.15) is 0 Å². The predicted molar refractivity (Wildman–Crippen MR) is 76.9 cm³/mol. The summed E-state index contributed by atoms with van der Waals surface area (Å²) in [6.07, 6.45) is 0.979. The summed E-state index contributed by atoms with van der Waals surface area (Å²) in [6, 6.07) is 8.71. The van der Waals surface area contributed by atoms with E-state index in [-0.39, 0.29) is 12.1 Å². The fourth-order valence-corrected chi connectivity index (χ4v) is 2.37. The van der Waals surface area contributed by atoms with Gasteiger partial charge in [0.05, 0.1) is 7.11 Å². The summed E-state index contributed by atoms with van der Waals surface area (Å²) < 4.78 is 5.20. The molecule has 102 valence electrons. The third-order valence-electron chi connectivity index (χ3n) is 3.54. The number of methoxy groups -OCH3 is 1. The van der Waals surface area contributed by atoms with Gasteiger partial charge in [0.25, 0.3) is 0 Å². The average molecular weight is 250 g/mol. The normalized spacial score (nSPS) is 14.6. The van der Waals surface area contributed by atoms with Crippen molar-refractivity contribution in [1.82, 2.24) is 4.90 Å². The molecule has 1 aromatic rings. The Hall–Kier alpha value is -1.06. The Balaban J connectivity index is 3.00. The molecule has 0 aliphatic rings. The van der Waals surface area contributed by atoms with E-state index in [0.717, 1.165) is 25.3 Å². The van der Waals surface area contributed by atoms with Crippen molar-refractivity contribution in [3.8, 4) is 5.75 Å². The van der Waals surface area contributed by atoms with Gasteiger partial charge in [-0.3, -0.25) is 4.90 Å². The van der Waals surface area contributed by atoms with Crippen molar-refractivity contribution in [2.24, 2.45) is 5.73 Å². The SMILES string of the molecule is CCC(N)C(c1ccc(OC)cc1)N(CC)CC. The lowest BCUT2D eigenvalue weighted by Gasteiger charge is -2.34. The fraction of sp³-hybridized carbons (Fsp3) is 0.600. The Morgan fingerprint density at radius 1 is 1.11 bits per heavy atom. The summed E-state index contributed by atoms with van der Waals surface area (Å²) >= 11 is 0. The number of nitrogens with zero attached hydrogens (tertiary/aromatic N) is 1. The number of ether oxygens (including phenoxy) is 1. The minimum atomic E-state index is 0.165. The van der Waals surface area contributed by atoms with Gasteiger partial charge in [-0.1, -0.05) is 32.9 Å². The van der Waals surface area contributed by atoms with Crippen LogP contribution < -0.4 is 10.5 Å². The van der Waals surface area contributed by atoms with Gasteiger partial charge >= 0.3 is 0 Å². The Labute approximate surface area is 111 Å². The maximum atomic E-state index is 6.30. The lowest BCUT2D eigenvalue weighted by Crippen LogP contribution is -2.40. The van der Waals surface area contributed by atoms with Crippen LogP contribution in [0, 0.1) is 0 Å². The molecule has 0 amide bonds. The number of benzene rings is 1. The summed E-state index contributed by atoms with van der Waals surface area (Å²) in [7, 11) is 1.69. The lowest BCUT2D eigenvalue weighted by atomic mass is 9.96. The van der Waals surface area contributed by atoms with E-state index in [1.807, 2.05) is 12.1 Å². The summed E-state index contributed by atoms with van der Waals surface area (Å²) in [6.45, 7) is 8.54. The zero-order valence-corrected chi connectivity index (χ0v) is 12.0. The first-order valence-electron chi connectivity index (χ1n) is 6.81. The van der Waals surface area contributed by atoms with Crippen LogP contribution in [0.5, 0.6) is 5.75 Å². The third kappa shape index (κ3) is 3.47. The zero-order chi connectivity index (χ0) is 13.5. The van der Waals surface area contributed by atoms with Gasteiger partial charge in [-0.25, -0.2) is 0 Å². The molecule has 0 bridgehead atoms. The van der Waals surface area contributed by atoms with Crippen molar-refractivity contribution in [3.05, 3.63) is 29.8 Å². The number of hydrogen-bond acceptors (Lipinski definition) is 3. The van der Waals surface area contributed by atoms with E-state index in [4.69, 9.17) is 10.5 Å². The molecule has 0 aromatic heterocycles. The van der Waals surface area contributed by atoms with Gasteiger partial charge in [-0.05, 0) is 37.2 Å². The molecule has 18 heavy (non-hydrogen) atoms. The Kier molecular flexibility index (Phi) is 6.16. The van der Waals surface area contributed by atoms with Crippen molar-refractivity contribution >= 4 is 0 Å². The van der Waals surface area contributed by atoms with E-state index in [1.165, 1.54) is 5.56 Å². The molecule has 2 atom stereocenters. The Morgan fingerprint density at radius 3 is 2.06 bits per heavy atom. The van der Waals surface area contributed by atoms with Gasteiger partial charge in [-0.15, -0.1) is 0 Å². The second-order valence-electron chi connectivity index (χ2n) is 4.51. The largest absolute Gasteiger partial charge is 0.497 e. The highest BCUT2D eigenvalue weighted by molar-refractivity contribution is 5.30. The van der Waals surface area contributed by atoms with Crippen LogP contribution in [-0.4, -0.2) is 31.1 Å². The fourth-order valence-electron chi connectivity index (χ4n) is 2.37. The molecule has 0 spiro atoms. The highest BCUT2D eigenvalue weighted by atomic mass is 16.5. The second-order valence-corrected chi connectivity index (χ2v) is 4.51. The Bertz CT molecular complexity index is 333. The first-order chi connectivity index (χ1) is 8.67. The van der Waals surface area contributed by atoms with E-state index >= 15 is 0 Å². The number of hydrogen-bond donors (Lipinski definition) is 1.